The maximum Gasteiger partial charge on any atom is 0.314 e. The van der Waals surface area contributed by atoms with Crippen molar-refractivity contribution in [1.29, 1.82) is 0 Å². The summed E-state index contributed by atoms with van der Waals surface area (Å²) in [6.07, 6.45) is 0. The molecule has 0 heterocycles. The number of rotatable bonds is 2. The third-order valence-corrected chi connectivity index (χ3v) is 1.49. The van der Waals surface area contributed by atoms with E-state index in [0.29, 0.717) is 5.56 Å². The first kappa shape index (κ1) is 8.52. The molecule has 0 fully saturated rings. The van der Waals surface area contributed by atoms with Crippen LogP contribution in [0.5, 0.6) is 5.75 Å². The number of methoxy groups -OCH3 is 1. The monoisotopic (exact) mass is 166 g/mol. The Morgan fingerprint density at radius 2 is 2.25 bits per heavy atom. The Bertz CT molecular complexity index is 309. The van der Waals surface area contributed by atoms with Crippen molar-refractivity contribution >= 4 is 5.69 Å². The second-order valence-electron chi connectivity index (χ2n) is 2.23. The summed E-state index contributed by atoms with van der Waals surface area (Å²) >= 11 is 0. The van der Waals surface area contributed by atoms with Crippen molar-refractivity contribution in [3.8, 4) is 5.75 Å². The average Bonchev–Trinajstić information content (AvgIpc) is 2.03. The molecule has 63 valence electrons. The fourth-order valence-corrected chi connectivity index (χ4v) is 0.940. The Labute approximate surface area is 69.9 Å². The van der Waals surface area contributed by atoms with Crippen LogP contribution < -0.4 is 4.74 Å². The molecule has 0 atom stereocenters. The van der Waals surface area contributed by atoms with Crippen LogP contribution in [0, 0.1) is 17.0 Å². The molecule has 0 unspecified atom stereocenters. The number of hydrogen-bond acceptors (Lipinski definition) is 3. The molecule has 0 saturated carbocycles. The SMILES string of the molecule is [CH2]c1cccc(OC)c1[N+](=O)[O-]. The van der Waals surface area contributed by atoms with Gasteiger partial charge in [-0.3, -0.25) is 10.1 Å². The van der Waals surface area contributed by atoms with Crippen LogP contribution in [0.25, 0.3) is 0 Å². The lowest BCUT2D eigenvalue weighted by atomic mass is 10.2. The van der Waals surface area contributed by atoms with E-state index in [4.69, 9.17) is 4.74 Å². The largest absolute Gasteiger partial charge is 0.490 e. The van der Waals surface area contributed by atoms with E-state index < -0.39 is 4.92 Å². The van der Waals surface area contributed by atoms with Crippen molar-refractivity contribution in [1.82, 2.24) is 0 Å². The van der Waals surface area contributed by atoms with Gasteiger partial charge in [-0.05, 0) is 13.0 Å². The van der Waals surface area contributed by atoms with E-state index in [9.17, 15) is 10.1 Å². The van der Waals surface area contributed by atoms with E-state index >= 15 is 0 Å². The predicted molar refractivity (Wildman–Crippen MR) is 44.1 cm³/mol. The first-order chi connectivity index (χ1) is 5.66. The molecule has 0 amide bonds. The molecule has 1 aromatic rings. The van der Waals surface area contributed by atoms with Gasteiger partial charge in [0.2, 0.25) is 0 Å². The summed E-state index contributed by atoms with van der Waals surface area (Å²) in [6, 6.07) is 4.77. The molecule has 0 saturated heterocycles. The normalized spacial score (nSPS) is 9.50. The summed E-state index contributed by atoms with van der Waals surface area (Å²) < 4.78 is 4.81. The number of benzene rings is 1. The van der Waals surface area contributed by atoms with Crippen molar-refractivity contribution in [2.75, 3.05) is 7.11 Å². The van der Waals surface area contributed by atoms with Gasteiger partial charge in [0.1, 0.15) is 0 Å². The second kappa shape index (κ2) is 3.21. The van der Waals surface area contributed by atoms with Gasteiger partial charge in [-0.15, -0.1) is 0 Å². The van der Waals surface area contributed by atoms with Crippen molar-refractivity contribution in [3.05, 3.63) is 40.8 Å². The van der Waals surface area contributed by atoms with Gasteiger partial charge in [-0.2, -0.15) is 0 Å². The second-order valence-corrected chi connectivity index (χ2v) is 2.23. The van der Waals surface area contributed by atoms with Gasteiger partial charge in [0.05, 0.1) is 12.0 Å². The van der Waals surface area contributed by atoms with E-state index in [2.05, 4.69) is 6.92 Å². The van der Waals surface area contributed by atoms with Crippen LogP contribution in [0.15, 0.2) is 18.2 Å². The van der Waals surface area contributed by atoms with Crippen LogP contribution in [0.3, 0.4) is 0 Å². The van der Waals surface area contributed by atoms with Gasteiger partial charge in [0.25, 0.3) is 0 Å². The first-order valence-corrected chi connectivity index (χ1v) is 3.30. The molecule has 1 rings (SSSR count). The van der Waals surface area contributed by atoms with Gasteiger partial charge in [-0.1, -0.05) is 12.1 Å². The Hall–Kier alpha value is -1.58. The molecule has 0 aromatic heterocycles. The average molecular weight is 166 g/mol. The van der Waals surface area contributed by atoms with Gasteiger partial charge < -0.3 is 4.74 Å². The zero-order valence-corrected chi connectivity index (χ0v) is 6.61. The Balaban J connectivity index is 3.29. The van der Waals surface area contributed by atoms with Gasteiger partial charge in [0.15, 0.2) is 5.75 Å². The van der Waals surface area contributed by atoms with Crippen molar-refractivity contribution in [3.63, 3.8) is 0 Å². The molecule has 0 aliphatic rings. The van der Waals surface area contributed by atoms with Crippen LogP contribution in [0.2, 0.25) is 0 Å². The highest BCUT2D eigenvalue weighted by atomic mass is 16.6. The highest BCUT2D eigenvalue weighted by Gasteiger charge is 2.16. The number of nitrogens with zero attached hydrogens (tertiary/aromatic N) is 1. The third kappa shape index (κ3) is 1.37. The molecule has 0 aliphatic heterocycles. The molecule has 1 aromatic carbocycles. The fourth-order valence-electron chi connectivity index (χ4n) is 0.940. The molecule has 0 bridgehead atoms. The number of para-hydroxylation sites is 1. The topological polar surface area (TPSA) is 52.4 Å². The minimum absolute atomic E-state index is 0.0694. The smallest absolute Gasteiger partial charge is 0.314 e. The fraction of sp³-hybridized carbons (Fsp3) is 0.125. The molecule has 4 nitrogen and oxygen atoms in total. The van der Waals surface area contributed by atoms with Crippen LogP contribution >= 0.6 is 0 Å². The lowest BCUT2D eigenvalue weighted by Gasteiger charge is -2.02. The summed E-state index contributed by atoms with van der Waals surface area (Å²) in [5, 5.41) is 10.5. The number of nitro groups is 1. The Morgan fingerprint density at radius 3 is 2.67 bits per heavy atom. The zero-order chi connectivity index (χ0) is 9.14. The Kier molecular flexibility index (Phi) is 2.28. The van der Waals surface area contributed by atoms with E-state index in [-0.39, 0.29) is 11.4 Å². The molecule has 12 heavy (non-hydrogen) atoms. The number of ether oxygens (including phenoxy) is 1. The lowest BCUT2D eigenvalue weighted by molar-refractivity contribution is -0.386. The summed E-state index contributed by atoms with van der Waals surface area (Å²) in [5.41, 5.74) is 0.291. The van der Waals surface area contributed by atoms with E-state index in [0.717, 1.165) is 0 Å². The minimum atomic E-state index is -0.499. The first-order valence-electron chi connectivity index (χ1n) is 3.30. The maximum absolute atomic E-state index is 10.5. The van der Waals surface area contributed by atoms with Gasteiger partial charge in [0, 0.05) is 5.56 Å². The summed E-state index contributed by atoms with van der Waals surface area (Å²) in [5.74, 6) is 0.243. The molecule has 0 aliphatic carbocycles. The van der Waals surface area contributed by atoms with E-state index in [1.165, 1.54) is 13.2 Å². The number of nitro benzene ring substituents is 1. The lowest BCUT2D eigenvalue weighted by Crippen LogP contribution is -1.95. The highest BCUT2D eigenvalue weighted by molar-refractivity contribution is 5.53. The summed E-state index contributed by atoms with van der Waals surface area (Å²) in [6.45, 7) is 3.53. The summed E-state index contributed by atoms with van der Waals surface area (Å²) in [4.78, 5) is 9.99. The molecule has 1 radical (unpaired) electrons. The van der Waals surface area contributed by atoms with Crippen LogP contribution in [0.4, 0.5) is 5.69 Å². The number of hydrogen-bond donors (Lipinski definition) is 0. The quantitative estimate of drug-likeness (QED) is 0.497. The van der Waals surface area contributed by atoms with Crippen LogP contribution in [-0.4, -0.2) is 12.0 Å². The molecular weight excluding hydrogens is 158 g/mol. The van der Waals surface area contributed by atoms with E-state index in [1.807, 2.05) is 0 Å². The molecule has 4 heteroatoms. The van der Waals surface area contributed by atoms with Gasteiger partial charge in [-0.25, -0.2) is 0 Å². The summed E-state index contributed by atoms with van der Waals surface area (Å²) in [7, 11) is 1.39. The third-order valence-electron chi connectivity index (χ3n) is 1.49. The van der Waals surface area contributed by atoms with Crippen molar-refractivity contribution < 1.29 is 9.66 Å². The molecule has 0 spiro atoms. The highest BCUT2D eigenvalue weighted by Crippen LogP contribution is 2.29. The van der Waals surface area contributed by atoms with Crippen molar-refractivity contribution in [2.24, 2.45) is 0 Å². The molecular formula is C8H8NO3. The van der Waals surface area contributed by atoms with Gasteiger partial charge >= 0.3 is 5.69 Å². The maximum atomic E-state index is 10.5. The molecule has 0 N–H and O–H groups in total. The van der Waals surface area contributed by atoms with Crippen molar-refractivity contribution in [2.45, 2.75) is 0 Å². The standard InChI is InChI=1S/C8H8NO3/c1-6-4-3-5-7(12-2)8(6)9(10)11/h3-5H,1H2,2H3. The minimum Gasteiger partial charge on any atom is -0.490 e. The van der Waals surface area contributed by atoms with Crippen LogP contribution in [0.1, 0.15) is 5.56 Å². The Morgan fingerprint density at radius 1 is 1.58 bits per heavy atom. The van der Waals surface area contributed by atoms with E-state index in [1.54, 1.807) is 12.1 Å². The van der Waals surface area contributed by atoms with Crippen LogP contribution in [-0.2, 0) is 0 Å². The predicted octanol–water partition coefficient (Wildman–Crippen LogP) is 1.79. The zero-order valence-electron chi connectivity index (χ0n) is 6.61.